The Morgan fingerprint density at radius 3 is 2.30 bits per heavy atom. The number of benzene rings is 3. The van der Waals surface area contributed by atoms with Gasteiger partial charge in [0.1, 0.15) is 6.04 Å². The Kier molecular flexibility index (Phi) is 5.23. The quantitative estimate of drug-likeness (QED) is 0.424. The lowest BCUT2D eigenvalue weighted by molar-refractivity contribution is 0.0936. The van der Waals surface area contributed by atoms with Crippen LogP contribution in [-0.4, -0.2) is 16.3 Å². The fourth-order valence-corrected chi connectivity index (χ4v) is 3.77. The van der Waals surface area contributed by atoms with Gasteiger partial charge in [-0.2, -0.15) is 0 Å². The third-order valence-electron chi connectivity index (χ3n) is 5.32. The third kappa shape index (κ3) is 3.77. The van der Waals surface area contributed by atoms with E-state index in [2.05, 4.69) is 5.32 Å². The molecule has 0 radical (unpaired) electrons. The van der Waals surface area contributed by atoms with Crippen LogP contribution in [0.1, 0.15) is 44.8 Å². The topological polar surface area (TPSA) is 51.1 Å². The molecule has 1 aromatic heterocycles. The fraction of sp³-hybridized carbons (Fsp3) is 0.154. The van der Waals surface area contributed by atoms with E-state index in [0.717, 1.165) is 33.3 Å². The number of fused-ring (bicyclic) bond motifs is 1. The van der Waals surface area contributed by atoms with Gasteiger partial charge in [-0.1, -0.05) is 60.2 Å². The van der Waals surface area contributed by atoms with Crippen LogP contribution in [0.3, 0.4) is 0 Å². The molecule has 0 aliphatic heterocycles. The lowest BCUT2D eigenvalue weighted by atomic mass is 9.96. The van der Waals surface area contributed by atoms with Gasteiger partial charge in [0, 0.05) is 35.3 Å². The number of carbonyl (C=O) groups excluding carboxylic acids is 2. The molecule has 4 rings (SSSR count). The van der Waals surface area contributed by atoms with Crippen LogP contribution in [0.2, 0.25) is 0 Å². The molecule has 1 N–H and O–H groups in total. The van der Waals surface area contributed by atoms with Crippen molar-refractivity contribution in [3.05, 3.63) is 101 Å². The third-order valence-corrected chi connectivity index (χ3v) is 5.32. The van der Waals surface area contributed by atoms with E-state index in [4.69, 9.17) is 0 Å². The molecule has 4 heteroatoms. The summed E-state index contributed by atoms with van der Waals surface area (Å²) in [6.45, 7) is 5.54. The molecule has 30 heavy (non-hydrogen) atoms. The van der Waals surface area contributed by atoms with Gasteiger partial charge in [-0.25, -0.2) is 0 Å². The van der Waals surface area contributed by atoms with Crippen LogP contribution < -0.4 is 5.32 Å². The summed E-state index contributed by atoms with van der Waals surface area (Å²) in [5.41, 5.74) is 5.28. The highest BCUT2D eigenvalue weighted by molar-refractivity contribution is 6.05. The predicted octanol–water partition coefficient (Wildman–Crippen LogP) is 5.95. The maximum atomic E-state index is 13.6. The molecule has 0 amide bonds. The largest absolute Gasteiger partial charge is 0.371 e. The van der Waals surface area contributed by atoms with Crippen LogP contribution in [0.25, 0.3) is 10.9 Å². The van der Waals surface area contributed by atoms with Gasteiger partial charge in [-0.15, -0.1) is 0 Å². The number of para-hydroxylation sites is 1. The van der Waals surface area contributed by atoms with Crippen molar-refractivity contribution in [1.29, 1.82) is 0 Å². The lowest BCUT2D eigenvalue weighted by Gasteiger charge is -2.19. The fourth-order valence-electron chi connectivity index (χ4n) is 3.77. The predicted molar refractivity (Wildman–Crippen MR) is 121 cm³/mol. The smallest absolute Gasteiger partial charge is 0.227 e. The number of aromatic nitrogens is 1. The molecule has 0 fully saturated rings. The number of rotatable bonds is 5. The zero-order valence-corrected chi connectivity index (χ0v) is 17.3. The summed E-state index contributed by atoms with van der Waals surface area (Å²) >= 11 is 0. The van der Waals surface area contributed by atoms with Crippen LogP contribution in [0, 0.1) is 13.8 Å². The Hall–Kier alpha value is -3.66. The van der Waals surface area contributed by atoms with E-state index in [0.29, 0.717) is 5.56 Å². The zero-order valence-electron chi connectivity index (χ0n) is 17.3. The molecule has 1 heterocycles. The van der Waals surface area contributed by atoms with Crippen molar-refractivity contribution in [3.8, 4) is 0 Å². The molecule has 4 nitrogen and oxygen atoms in total. The second-order valence-corrected chi connectivity index (χ2v) is 7.67. The molecule has 1 unspecified atom stereocenters. The van der Waals surface area contributed by atoms with E-state index in [1.165, 1.54) is 6.92 Å². The molecular formula is C26H24N2O2. The molecule has 0 aliphatic carbocycles. The number of carbonyl (C=O) groups is 2. The first-order chi connectivity index (χ1) is 14.4. The van der Waals surface area contributed by atoms with Crippen LogP contribution in [0.5, 0.6) is 0 Å². The van der Waals surface area contributed by atoms with Crippen molar-refractivity contribution < 1.29 is 9.59 Å². The van der Waals surface area contributed by atoms with Gasteiger partial charge in [0.05, 0.1) is 5.52 Å². The molecule has 1 atom stereocenters. The summed E-state index contributed by atoms with van der Waals surface area (Å²) in [5, 5.41) is 4.31. The standard InChI is InChI=1S/C26H24N2O2/c1-17-11-13-20(14-12-17)26(30)25(27-21-8-6-7-18(2)15-21)23-16-28(19(3)29)24-10-5-4-9-22(23)24/h4-16,25,27H,1-3H3. The Balaban J connectivity index is 1.87. The minimum Gasteiger partial charge on any atom is -0.371 e. The zero-order chi connectivity index (χ0) is 21.3. The summed E-state index contributed by atoms with van der Waals surface area (Å²) in [5.74, 6) is -0.127. The van der Waals surface area contributed by atoms with Crippen LogP contribution in [-0.2, 0) is 0 Å². The Bertz CT molecular complexity index is 1240. The van der Waals surface area contributed by atoms with Gasteiger partial charge >= 0.3 is 0 Å². The normalized spacial score (nSPS) is 12.0. The van der Waals surface area contributed by atoms with E-state index in [-0.39, 0.29) is 11.7 Å². The summed E-state index contributed by atoms with van der Waals surface area (Å²) in [4.78, 5) is 25.8. The van der Waals surface area contributed by atoms with E-state index >= 15 is 0 Å². The number of nitrogens with one attached hydrogen (secondary N) is 1. The monoisotopic (exact) mass is 396 g/mol. The van der Waals surface area contributed by atoms with Crippen molar-refractivity contribution >= 4 is 28.3 Å². The number of ketones is 1. The maximum Gasteiger partial charge on any atom is 0.227 e. The number of anilines is 1. The summed E-state index contributed by atoms with van der Waals surface area (Å²) in [6.07, 6.45) is 1.78. The number of nitrogens with zero attached hydrogens (tertiary/aromatic N) is 1. The highest BCUT2D eigenvalue weighted by atomic mass is 16.1. The van der Waals surface area contributed by atoms with E-state index < -0.39 is 6.04 Å². The Morgan fingerprint density at radius 1 is 0.867 bits per heavy atom. The van der Waals surface area contributed by atoms with Gasteiger partial charge in [-0.05, 0) is 37.6 Å². The average Bonchev–Trinajstić information content (AvgIpc) is 3.12. The number of Topliss-reactive ketones (excluding diaryl/α,β-unsaturated/α-hetero) is 1. The van der Waals surface area contributed by atoms with Crippen molar-refractivity contribution in [2.75, 3.05) is 5.32 Å². The van der Waals surface area contributed by atoms with E-state index in [1.807, 2.05) is 86.6 Å². The molecule has 150 valence electrons. The molecule has 0 aliphatic rings. The second-order valence-electron chi connectivity index (χ2n) is 7.67. The Morgan fingerprint density at radius 2 is 1.60 bits per heavy atom. The summed E-state index contributed by atoms with van der Waals surface area (Å²) in [6, 6.07) is 22.6. The first-order valence-corrected chi connectivity index (χ1v) is 9.99. The SMILES string of the molecule is CC(=O)n1cc(C(Nc2cccc(C)c2)C(=O)c2ccc(C)cc2)c2ccccc21. The Labute approximate surface area is 176 Å². The van der Waals surface area contributed by atoms with Crippen LogP contribution in [0.4, 0.5) is 5.69 Å². The molecule has 3 aromatic carbocycles. The first-order valence-electron chi connectivity index (χ1n) is 9.99. The molecule has 0 saturated carbocycles. The molecular weight excluding hydrogens is 372 g/mol. The molecule has 0 spiro atoms. The highest BCUT2D eigenvalue weighted by Gasteiger charge is 2.26. The van der Waals surface area contributed by atoms with Gasteiger partial charge in [0.2, 0.25) is 5.91 Å². The van der Waals surface area contributed by atoms with Crippen molar-refractivity contribution in [2.24, 2.45) is 0 Å². The van der Waals surface area contributed by atoms with Gasteiger partial charge in [0.15, 0.2) is 5.78 Å². The number of hydrogen-bond acceptors (Lipinski definition) is 3. The van der Waals surface area contributed by atoms with Crippen molar-refractivity contribution in [3.63, 3.8) is 0 Å². The van der Waals surface area contributed by atoms with Crippen molar-refractivity contribution in [2.45, 2.75) is 26.8 Å². The van der Waals surface area contributed by atoms with Crippen LogP contribution >= 0.6 is 0 Å². The minimum absolute atomic E-state index is 0.0389. The number of hydrogen-bond donors (Lipinski definition) is 1. The minimum atomic E-state index is -0.625. The first kappa shape index (κ1) is 19.6. The summed E-state index contributed by atoms with van der Waals surface area (Å²) < 4.78 is 1.61. The van der Waals surface area contributed by atoms with Crippen LogP contribution in [0.15, 0.2) is 79.0 Å². The molecule has 4 aromatic rings. The van der Waals surface area contributed by atoms with Gasteiger partial charge in [-0.3, -0.25) is 14.2 Å². The van der Waals surface area contributed by atoms with Crippen molar-refractivity contribution in [1.82, 2.24) is 4.57 Å². The second kappa shape index (κ2) is 7.99. The average molecular weight is 396 g/mol. The van der Waals surface area contributed by atoms with Gasteiger partial charge < -0.3 is 5.32 Å². The summed E-state index contributed by atoms with van der Waals surface area (Å²) in [7, 11) is 0. The van der Waals surface area contributed by atoms with E-state index in [1.54, 1.807) is 10.8 Å². The van der Waals surface area contributed by atoms with E-state index in [9.17, 15) is 9.59 Å². The maximum absolute atomic E-state index is 13.6. The van der Waals surface area contributed by atoms with Gasteiger partial charge in [0.25, 0.3) is 0 Å². The molecule has 0 bridgehead atoms. The molecule has 0 saturated heterocycles. The lowest BCUT2D eigenvalue weighted by Crippen LogP contribution is -2.21. The highest BCUT2D eigenvalue weighted by Crippen LogP contribution is 2.31. The number of aryl methyl sites for hydroxylation is 2.